The van der Waals surface area contributed by atoms with Gasteiger partial charge in [0.1, 0.15) is 0 Å². The van der Waals surface area contributed by atoms with E-state index in [4.69, 9.17) is 14.2 Å². The summed E-state index contributed by atoms with van der Waals surface area (Å²) in [5.74, 6) is 3.00. The molecule has 0 rings (SSSR count). The Morgan fingerprint density at radius 1 is 0.400 bits per heavy atom. The van der Waals surface area contributed by atoms with Gasteiger partial charge in [-0.3, -0.25) is 0 Å². The second-order valence-corrected chi connectivity index (χ2v) is 18.2. The molecular weight excluding hydrogens is 688 g/mol. The number of hydrogen-bond acceptors (Lipinski definition) is 3. The van der Waals surface area contributed by atoms with Gasteiger partial charge in [0, 0.05) is 22.9 Å². The van der Waals surface area contributed by atoms with E-state index in [2.05, 4.69) is 87.2 Å². The van der Waals surface area contributed by atoms with Crippen LogP contribution in [0.15, 0.2) is 0 Å². The van der Waals surface area contributed by atoms with Crippen molar-refractivity contribution in [3.8, 4) is 0 Å². The fraction of sp³-hybridized carbons (Fsp3) is 1.00. The van der Waals surface area contributed by atoms with E-state index in [0.717, 1.165) is 75.4 Å². The van der Waals surface area contributed by atoms with Crippen LogP contribution in [0.3, 0.4) is 0 Å². The van der Waals surface area contributed by atoms with Crippen LogP contribution < -0.4 is 0 Å². The highest BCUT2D eigenvalue weighted by Gasteiger charge is 2.20. The zero-order valence-electron chi connectivity index (χ0n) is 31.6. The summed E-state index contributed by atoms with van der Waals surface area (Å²) in [6.07, 6.45) is 27.0. The SMILES string of the molecule is CCCCCCCCOC(CCCC(C)CC(C)CC(C)Br)OC(CCCC(C)CC(C)CC(C)Br)OCCCCCCCC. The molecule has 0 heterocycles. The molecule has 272 valence electrons. The molecule has 0 aliphatic rings. The molecule has 0 aliphatic carbocycles. The molecule has 0 saturated heterocycles. The highest BCUT2D eigenvalue weighted by atomic mass is 79.9. The van der Waals surface area contributed by atoms with Crippen molar-refractivity contribution in [2.45, 2.75) is 219 Å². The predicted molar refractivity (Wildman–Crippen MR) is 207 cm³/mol. The highest BCUT2D eigenvalue weighted by molar-refractivity contribution is 9.09. The first-order chi connectivity index (χ1) is 21.6. The molecule has 45 heavy (non-hydrogen) atoms. The number of hydrogen-bond donors (Lipinski definition) is 0. The lowest BCUT2D eigenvalue weighted by atomic mass is 9.90. The first-order valence-corrected chi connectivity index (χ1v) is 21.6. The van der Waals surface area contributed by atoms with E-state index in [-0.39, 0.29) is 12.6 Å². The molecule has 8 atom stereocenters. The minimum absolute atomic E-state index is 0.153. The van der Waals surface area contributed by atoms with Crippen molar-refractivity contribution < 1.29 is 14.2 Å². The van der Waals surface area contributed by atoms with Crippen LogP contribution in [0, 0.1) is 23.7 Å². The van der Waals surface area contributed by atoms with Crippen molar-refractivity contribution >= 4 is 31.9 Å². The van der Waals surface area contributed by atoms with E-state index in [1.807, 2.05) is 0 Å². The maximum atomic E-state index is 6.72. The van der Waals surface area contributed by atoms with E-state index in [1.165, 1.54) is 103 Å². The van der Waals surface area contributed by atoms with Crippen LogP contribution in [0.4, 0.5) is 0 Å². The fourth-order valence-corrected chi connectivity index (χ4v) is 8.20. The van der Waals surface area contributed by atoms with Crippen LogP contribution in [0.25, 0.3) is 0 Å². The molecule has 0 aromatic rings. The van der Waals surface area contributed by atoms with Gasteiger partial charge in [-0.2, -0.15) is 0 Å². The fourth-order valence-electron chi connectivity index (χ4n) is 6.92. The zero-order chi connectivity index (χ0) is 33.7. The van der Waals surface area contributed by atoms with E-state index < -0.39 is 0 Å². The van der Waals surface area contributed by atoms with Gasteiger partial charge in [-0.1, -0.05) is 164 Å². The second-order valence-electron chi connectivity index (χ2n) is 15.1. The third-order valence-corrected chi connectivity index (χ3v) is 9.99. The van der Waals surface area contributed by atoms with E-state index in [9.17, 15) is 0 Å². The first-order valence-electron chi connectivity index (χ1n) is 19.7. The van der Waals surface area contributed by atoms with Crippen LogP contribution in [0.2, 0.25) is 0 Å². The van der Waals surface area contributed by atoms with Crippen LogP contribution in [0.1, 0.15) is 197 Å². The first kappa shape index (κ1) is 45.8. The van der Waals surface area contributed by atoms with Gasteiger partial charge in [-0.05, 0) is 87.9 Å². The van der Waals surface area contributed by atoms with Crippen molar-refractivity contribution in [3.63, 3.8) is 0 Å². The van der Waals surface area contributed by atoms with Crippen molar-refractivity contribution in [2.24, 2.45) is 23.7 Å². The number of halogens is 2. The van der Waals surface area contributed by atoms with E-state index in [0.29, 0.717) is 9.65 Å². The third kappa shape index (κ3) is 31.8. The average Bonchev–Trinajstić information content (AvgIpc) is 2.94. The topological polar surface area (TPSA) is 27.7 Å². The van der Waals surface area contributed by atoms with Crippen molar-refractivity contribution in [2.75, 3.05) is 13.2 Å². The molecule has 3 nitrogen and oxygen atoms in total. The Bertz CT molecular complexity index is 552. The summed E-state index contributed by atoms with van der Waals surface area (Å²) in [6, 6.07) is 0. The van der Waals surface area contributed by atoms with Crippen molar-refractivity contribution in [1.29, 1.82) is 0 Å². The molecule has 0 spiro atoms. The van der Waals surface area contributed by atoms with Gasteiger partial charge < -0.3 is 14.2 Å². The zero-order valence-corrected chi connectivity index (χ0v) is 34.7. The van der Waals surface area contributed by atoms with E-state index in [1.54, 1.807) is 0 Å². The monoisotopic (exact) mass is 766 g/mol. The Labute approximate surface area is 300 Å². The van der Waals surface area contributed by atoms with Gasteiger partial charge in [0.05, 0.1) is 0 Å². The standard InChI is InChI=1S/C40H80Br2O3/c1-9-11-13-15-17-19-27-43-39(25-21-23-33(3)29-35(5)31-37(7)41)45-40(44-28-20-18-16-14-12-10-2)26-22-24-34(4)30-36(6)32-38(8)42/h33-40H,9-32H2,1-8H3. The minimum Gasteiger partial charge on any atom is -0.353 e. The molecule has 0 N–H and O–H groups in total. The smallest absolute Gasteiger partial charge is 0.160 e. The highest BCUT2D eigenvalue weighted by Crippen LogP contribution is 2.26. The molecule has 0 radical (unpaired) electrons. The number of ether oxygens (including phenoxy) is 3. The lowest BCUT2D eigenvalue weighted by molar-refractivity contribution is -0.250. The lowest BCUT2D eigenvalue weighted by Gasteiger charge is -2.27. The Kier molecular flexibility index (Phi) is 32.7. The molecule has 8 unspecified atom stereocenters. The van der Waals surface area contributed by atoms with E-state index >= 15 is 0 Å². The normalized spacial score (nSPS) is 17.5. The Morgan fingerprint density at radius 2 is 0.756 bits per heavy atom. The minimum atomic E-state index is -0.153. The molecule has 0 saturated carbocycles. The van der Waals surface area contributed by atoms with Crippen molar-refractivity contribution in [3.05, 3.63) is 0 Å². The summed E-state index contributed by atoms with van der Waals surface area (Å²) in [4.78, 5) is 1.20. The molecule has 0 amide bonds. The Balaban J connectivity index is 5.08. The van der Waals surface area contributed by atoms with Gasteiger partial charge >= 0.3 is 0 Å². The average molecular weight is 769 g/mol. The quantitative estimate of drug-likeness (QED) is 0.0371. The van der Waals surface area contributed by atoms with Crippen LogP contribution >= 0.6 is 31.9 Å². The predicted octanol–water partition coefficient (Wildman–Crippen LogP) is 14.4. The van der Waals surface area contributed by atoms with Crippen molar-refractivity contribution in [1.82, 2.24) is 0 Å². The van der Waals surface area contributed by atoms with Crippen LogP contribution in [-0.4, -0.2) is 35.4 Å². The maximum Gasteiger partial charge on any atom is 0.160 e. The maximum absolute atomic E-state index is 6.72. The molecule has 5 heteroatoms. The number of rotatable bonds is 34. The summed E-state index contributed by atoms with van der Waals surface area (Å²) >= 11 is 7.48. The number of alkyl halides is 2. The largest absolute Gasteiger partial charge is 0.353 e. The number of unbranched alkanes of at least 4 members (excludes halogenated alkanes) is 10. The lowest BCUT2D eigenvalue weighted by Crippen LogP contribution is -2.28. The molecule has 0 aromatic carbocycles. The van der Waals surface area contributed by atoms with Gasteiger partial charge in [-0.25, -0.2) is 0 Å². The van der Waals surface area contributed by atoms with Gasteiger partial charge in [0.25, 0.3) is 0 Å². The van der Waals surface area contributed by atoms with Gasteiger partial charge in [0.15, 0.2) is 12.6 Å². The van der Waals surface area contributed by atoms with Gasteiger partial charge in [-0.15, -0.1) is 0 Å². The summed E-state index contributed by atoms with van der Waals surface area (Å²) in [6.45, 7) is 20.4. The van der Waals surface area contributed by atoms with Crippen LogP contribution in [-0.2, 0) is 14.2 Å². The van der Waals surface area contributed by atoms with Gasteiger partial charge in [0.2, 0.25) is 0 Å². The molecule has 0 aliphatic heterocycles. The summed E-state index contributed by atoms with van der Waals surface area (Å²) < 4.78 is 19.7. The molecule has 0 aromatic heterocycles. The summed E-state index contributed by atoms with van der Waals surface area (Å²) in [5, 5.41) is 0. The Hall–Kier alpha value is 0.840. The summed E-state index contributed by atoms with van der Waals surface area (Å²) in [7, 11) is 0. The molecule has 0 fully saturated rings. The second kappa shape index (κ2) is 32.1. The van der Waals surface area contributed by atoms with Crippen LogP contribution in [0.5, 0.6) is 0 Å². The third-order valence-electron chi connectivity index (χ3n) is 9.24. The molecular formula is C40H80Br2O3. The Morgan fingerprint density at radius 3 is 1.11 bits per heavy atom. The molecule has 0 bridgehead atoms. The summed E-state index contributed by atoms with van der Waals surface area (Å²) in [5.41, 5.74) is 0.